The predicted molar refractivity (Wildman–Crippen MR) is 52.8 cm³/mol. The predicted octanol–water partition coefficient (Wildman–Crippen LogP) is 1.11. The van der Waals surface area contributed by atoms with Crippen molar-refractivity contribution in [1.29, 1.82) is 0 Å². The van der Waals surface area contributed by atoms with Crippen LogP contribution in [0.1, 0.15) is 11.6 Å². The van der Waals surface area contributed by atoms with E-state index >= 15 is 0 Å². The van der Waals surface area contributed by atoms with Gasteiger partial charge in [-0.2, -0.15) is 0 Å². The fourth-order valence-corrected chi connectivity index (χ4v) is 1.79. The first-order chi connectivity index (χ1) is 6.77. The molecule has 1 aliphatic heterocycles. The molecule has 1 aromatic rings. The van der Waals surface area contributed by atoms with Gasteiger partial charge in [-0.1, -0.05) is 11.6 Å². The fraction of sp³-hybridized carbons (Fsp3) is 0.444. The zero-order valence-electron chi connectivity index (χ0n) is 7.56. The molecule has 3 nitrogen and oxygen atoms in total. The summed E-state index contributed by atoms with van der Waals surface area (Å²) in [6.45, 7) is 2.54. The zero-order valence-corrected chi connectivity index (χ0v) is 8.31. The summed E-state index contributed by atoms with van der Waals surface area (Å²) in [5, 5.41) is 6.83. The molecule has 0 aromatic carbocycles. The zero-order chi connectivity index (χ0) is 9.97. The number of piperazine rings is 1. The molecule has 0 spiro atoms. The Morgan fingerprint density at radius 2 is 2.36 bits per heavy atom. The van der Waals surface area contributed by atoms with Crippen LogP contribution in [0.3, 0.4) is 0 Å². The second-order valence-electron chi connectivity index (χ2n) is 3.24. The largest absolute Gasteiger partial charge is 0.314 e. The minimum atomic E-state index is -0.350. The van der Waals surface area contributed by atoms with Gasteiger partial charge in [-0.3, -0.25) is 0 Å². The molecule has 1 fully saturated rings. The lowest BCUT2D eigenvalue weighted by Crippen LogP contribution is -2.42. The number of hydrogen-bond acceptors (Lipinski definition) is 3. The molecule has 14 heavy (non-hydrogen) atoms. The first-order valence-corrected chi connectivity index (χ1v) is 4.90. The molecule has 1 aromatic heterocycles. The molecule has 0 bridgehead atoms. The maximum Gasteiger partial charge on any atom is 0.141 e. The molecular weight excluding hydrogens is 205 g/mol. The first-order valence-electron chi connectivity index (χ1n) is 4.52. The third-order valence-electron chi connectivity index (χ3n) is 2.25. The Labute approximate surface area is 86.7 Å². The van der Waals surface area contributed by atoms with Gasteiger partial charge in [0, 0.05) is 31.2 Å². The highest BCUT2D eigenvalue weighted by Gasteiger charge is 2.18. The van der Waals surface area contributed by atoms with Crippen molar-refractivity contribution in [1.82, 2.24) is 15.6 Å². The molecule has 2 heterocycles. The Morgan fingerprint density at radius 1 is 1.50 bits per heavy atom. The highest BCUT2D eigenvalue weighted by Crippen LogP contribution is 2.21. The topological polar surface area (TPSA) is 37.0 Å². The van der Waals surface area contributed by atoms with E-state index in [1.807, 2.05) is 0 Å². The van der Waals surface area contributed by atoms with Crippen LogP contribution in [-0.4, -0.2) is 24.6 Å². The van der Waals surface area contributed by atoms with Gasteiger partial charge >= 0.3 is 0 Å². The molecule has 2 N–H and O–H groups in total. The van der Waals surface area contributed by atoms with Crippen LogP contribution >= 0.6 is 11.6 Å². The summed E-state index contributed by atoms with van der Waals surface area (Å²) in [6, 6.07) is 1.49. The molecule has 0 saturated carbocycles. The van der Waals surface area contributed by atoms with Gasteiger partial charge in [-0.15, -0.1) is 0 Å². The van der Waals surface area contributed by atoms with E-state index in [2.05, 4.69) is 15.6 Å². The van der Waals surface area contributed by atoms with E-state index in [4.69, 9.17) is 11.6 Å². The number of halogens is 2. The van der Waals surface area contributed by atoms with Gasteiger partial charge in [0.15, 0.2) is 0 Å². The summed E-state index contributed by atoms with van der Waals surface area (Å²) in [5.74, 6) is -0.350. The van der Waals surface area contributed by atoms with Crippen LogP contribution < -0.4 is 10.6 Å². The fourth-order valence-electron chi connectivity index (χ4n) is 1.56. The summed E-state index contributed by atoms with van der Waals surface area (Å²) in [4.78, 5) is 3.78. The molecule has 2 rings (SSSR count). The molecule has 0 aliphatic carbocycles. The van der Waals surface area contributed by atoms with Gasteiger partial charge in [0.25, 0.3) is 0 Å². The summed E-state index contributed by atoms with van der Waals surface area (Å²) in [5.41, 5.74) is 0.721. The number of pyridine rings is 1. The lowest BCUT2D eigenvalue weighted by molar-refractivity contribution is 0.427. The Bertz CT molecular complexity index is 326. The number of nitrogens with one attached hydrogen (secondary N) is 2. The van der Waals surface area contributed by atoms with Crippen molar-refractivity contribution >= 4 is 11.6 Å². The Balaban J connectivity index is 2.24. The van der Waals surface area contributed by atoms with Crippen molar-refractivity contribution in [2.75, 3.05) is 19.6 Å². The van der Waals surface area contributed by atoms with E-state index in [1.165, 1.54) is 6.07 Å². The third kappa shape index (κ3) is 2.03. The second kappa shape index (κ2) is 4.21. The van der Waals surface area contributed by atoms with Crippen LogP contribution in [-0.2, 0) is 0 Å². The summed E-state index contributed by atoms with van der Waals surface area (Å²) < 4.78 is 12.9. The standard InChI is InChI=1S/C9H11ClFN3/c10-9-7(3-6(11)4-14-9)8-5-12-1-2-13-8/h3-4,8,12-13H,1-2,5H2/t8-/m1/s1. The summed E-state index contributed by atoms with van der Waals surface area (Å²) in [7, 11) is 0. The molecule has 76 valence electrons. The first kappa shape index (κ1) is 9.83. The maximum atomic E-state index is 12.9. The number of rotatable bonds is 1. The molecule has 0 unspecified atom stereocenters. The van der Waals surface area contributed by atoms with E-state index < -0.39 is 0 Å². The van der Waals surface area contributed by atoms with Crippen molar-refractivity contribution in [3.63, 3.8) is 0 Å². The van der Waals surface area contributed by atoms with Crippen molar-refractivity contribution in [2.24, 2.45) is 0 Å². The Hall–Kier alpha value is -0.710. The van der Waals surface area contributed by atoms with Crippen molar-refractivity contribution < 1.29 is 4.39 Å². The SMILES string of the molecule is Fc1cnc(Cl)c([C@H]2CNCCN2)c1. The smallest absolute Gasteiger partial charge is 0.141 e. The summed E-state index contributed by atoms with van der Waals surface area (Å²) >= 11 is 5.88. The molecule has 1 saturated heterocycles. The van der Waals surface area contributed by atoms with Gasteiger partial charge in [0.1, 0.15) is 11.0 Å². The number of hydrogen-bond donors (Lipinski definition) is 2. The lowest BCUT2D eigenvalue weighted by Gasteiger charge is -2.25. The molecule has 1 atom stereocenters. The Kier molecular flexibility index (Phi) is 2.96. The monoisotopic (exact) mass is 215 g/mol. The highest BCUT2D eigenvalue weighted by molar-refractivity contribution is 6.30. The van der Waals surface area contributed by atoms with Crippen molar-refractivity contribution in [2.45, 2.75) is 6.04 Å². The normalized spacial score (nSPS) is 22.3. The van der Waals surface area contributed by atoms with Gasteiger partial charge in [0.2, 0.25) is 0 Å². The van der Waals surface area contributed by atoms with E-state index in [-0.39, 0.29) is 11.9 Å². The van der Waals surface area contributed by atoms with Crippen LogP contribution in [0.15, 0.2) is 12.3 Å². The van der Waals surface area contributed by atoms with Crippen molar-refractivity contribution in [3.05, 3.63) is 28.8 Å². The molecular formula is C9H11ClFN3. The highest BCUT2D eigenvalue weighted by atomic mass is 35.5. The molecule has 0 amide bonds. The summed E-state index contributed by atoms with van der Waals surface area (Å²) in [6.07, 6.45) is 1.13. The van der Waals surface area contributed by atoms with E-state index in [9.17, 15) is 4.39 Å². The molecule has 0 radical (unpaired) electrons. The van der Waals surface area contributed by atoms with Gasteiger partial charge in [-0.25, -0.2) is 9.37 Å². The van der Waals surface area contributed by atoms with Gasteiger partial charge in [0.05, 0.1) is 6.20 Å². The lowest BCUT2D eigenvalue weighted by atomic mass is 10.1. The van der Waals surface area contributed by atoms with Crippen LogP contribution in [0.2, 0.25) is 5.15 Å². The Morgan fingerprint density at radius 3 is 3.07 bits per heavy atom. The van der Waals surface area contributed by atoms with E-state index in [0.29, 0.717) is 5.15 Å². The van der Waals surface area contributed by atoms with Crippen LogP contribution in [0.25, 0.3) is 0 Å². The average Bonchev–Trinajstić information content (AvgIpc) is 2.23. The quantitative estimate of drug-likeness (QED) is 0.690. The third-order valence-corrected chi connectivity index (χ3v) is 2.57. The number of aromatic nitrogens is 1. The van der Waals surface area contributed by atoms with Gasteiger partial charge < -0.3 is 10.6 Å². The van der Waals surface area contributed by atoms with E-state index in [0.717, 1.165) is 31.4 Å². The minimum Gasteiger partial charge on any atom is -0.314 e. The average molecular weight is 216 g/mol. The van der Waals surface area contributed by atoms with Crippen LogP contribution in [0.5, 0.6) is 0 Å². The molecule has 5 heteroatoms. The molecule has 1 aliphatic rings. The van der Waals surface area contributed by atoms with Crippen LogP contribution in [0, 0.1) is 5.82 Å². The minimum absolute atomic E-state index is 0.0550. The number of nitrogens with zero attached hydrogens (tertiary/aromatic N) is 1. The van der Waals surface area contributed by atoms with Crippen molar-refractivity contribution in [3.8, 4) is 0 Å². The van der Waals surface area contributed by atoms with Crippen LogP contribution in [0.4, 0.5) is 4.39 Å². The van der Waals surface area contributed by atoms with Gasteiger partial charge in [-0.05, 0) is 6.07 Å². The van der Waals surface area contributed by atoms with E-state index in [1.54, 1.807) is 0 Å². The maximum absolute atomic E-state index is 12.9. The second-order valence-corrected chi connectivity index (χ2v) is 3.60.